The minimum Gasteiger partial charge on any atom is -0.257 e. The molecule has 0 aliphatic rings. The van der Waals surface area contributed by atoms with E-state index in [2.05, 4.69) is 30.6 Å². The Balaban J connectivity index is 1.16. The average molecular weight is 398 g/mol. The van der Waals surface area contributed by atoms with Crippen LogP contribution in [0.2, 0.25) is 0 Å². The predicted molar refractivity (Wildman–Crippen MR) is 108 cm³/mol. The lowest BCUT2D eigenvalue weighted by molar-refractivity contribution is 0.487. The van der Waals surface area contributed by atoms with Crippen molar-refractivity contribution in [2.75, 3.05) is 5.75 Å². The summed E-state index contributed by atoms with van der Waals surface area (Å²) in [5.74, 6) is 2.53. The normalized spacial score (nSPS) is 11.1. The van der Waals surface area contributed by atoms with Gasteiger partial charge in [0.15, 0.2) is 5.82 Å². The van der Waals surface area contributed by atoms with Gasteiger partial charge in [-0.05, 0) is 29.5 Å². The van der Waals surface area contributed by atoms with Crippen LogP contribution in [0.25, 0.3) is 22.1 Å². The van der Waals surface area contributed by atoms with Crippen LogP contribution >= 0.6 is 23.1 Å². The Morgan fingerprint density at radius 1 is 1.04 bits per heavy atom. The van der Waals surface area contributed by atoms with Crippen molar-refractivity contribution in [3.05, 3.63) is 47.8 Å². The molecule has 4 aromatic rings. The average Bonchev–Trinajstić information content (AvgIpc) is 3.47. The fourth-order valence-electron chi connectivity index (χ4n) is 2.57. The standard InChI is InChI=1S/C18H19N7S2/c1-3-8-14(9-4-1)16-21-24-25(23-16)11-5-2-6-12-27-18-19-17(20-22-18)15-10-7-13-26-15/h1,3-4,7-10,13H,2,5-6,11-12H2,(H,19,20,22). The number of H-pyrrole nitrogens is 1. The van der Waals surface area contributed by atoms with Crippen LogP contribution in [0.5, 0.6) is 0 Å². The number of aromatic nitrogens is 7. The number of aryl methyl sites for hydroxylation is 1. The molecular formula is C18H19N7S2. The molecule has 3 aromatic heterocycles. The Bertz CT molecular complexity index is 947. The quantitative estimate of drug-likeness (QED) is 0.337. The molecule has 1 N–H and O–H groups in total. The molecule has 0 unspecified atom stereocenters. The van der Waals surface area contributed by atoms with Gasteiger partial charge >= 0.3 is 0 Å². The van der Waals surface area contributed by atoms with E-state index in [4.69, 9.17) is 0 Å². The van der Waals surface area contributed by atoms with E-state index in [0.717, 1.165) is 53.0 Å². The van der Waals surface area contributed by atoms with Gasteiger partial charge in [-0.3, -0.25) is 5.10 Å². The van der Waals surface area contributed by atoms with Crippen LogP contribution in [0.15, 0.2) is 53.0 Å². The molecule has 0 amide bonds. The number of thioether (sulfide) groups is 1. The van der Waals surface area contributed by atoms with Crippen molar-refractivity contribution >= 4 is 23.1 Å². The molecule has 0 aliphatic carbocycles. The zero-order chi connectivity index (χ0) is 18.3. The summed E-state index contributed by atoms with van der Waals surface area (Å²) in [6, 6.07) is 14.0. The lowest BCUT2D eigenvalue weighted by Gasteiger charge is -1.99. The molecule has 27 heavy (non-hydrogen) atoms. The van der Waals surface area contributed by atoms with Gasteiger partial charge in [-0.15, -0.1) is 26.6 Å². The largest absolute Gasteiger partial charge is 0.257 e. The maximum Gasteiger partial charge on any atom is 0.208 e. The molecule has 0 fully saturated rings. The van der Waals surface area contributed by atoms with Gasteiger partial charge in [0.05, 0.1) is 11.4 Å². The highest BCUT2D eigenvalue weighted by Gasteiger charge is 2.07. The van der Waals surface area contributed by atoms with E-state index in [1.54, 1.807) is 27.9 Å². The van der Waals surface area contributed by atoms with Gasteiger partial charge in [0.2, 0.25) is 11.0 Å². The van der Waals surface area contributed by atoms with E-state index in [9.17, 15) is 0 Å². The highest BCUT2D eigenvalue weighted by Crippen LogP contribution is 2.23. The molecule has 0 saturated heterocycles. The fourth-order valence-corrected chi connectivity index (χ4v) is 4.03. The molecule has 3 heterocycles. The molecule has 4 rings (SSSR count). The molecule has 138 valence electrons. The first-order chi connectivity index (χ1) is 13.4. The van der Waals surface area contributed by atoms with Gasteiger partial charge in [0.1, 0.15) is 0 Å². The zero-order valence-electron chi connectivity index (χ0n) is 14.7. The van der Waals surface area contributed by atoms with Gasteiger partial charge in [-0.25, -0.2) is 4.98 Å². The summed E-state index contributed by atoms with van der Waals surface area (Å²) in [7, 11) is 0. The van der Waals surface area contributed by atoms with Crippen molar-refractivity contribution in [2.24, 2.45) is 0 Å². The molecule has 7 nitrogen and oxygen atoms in total. The first-order valence-electron chi connectivity index (χ1n) is 8.81. The lowest BCUT2D eigenvalue weighted by Crippen LogP contribution is -2.02. The van der Waals surface area contributed by atoms with Crippen LogP contribution in [0, 0.1) is 0 Å². The van der Waals surface area contributed by atoms with E-state index >= 15 is 0 Å². The smallest absolute Gasteiger partial charge is 0.208 e. The monoisotopic (exact) mass is 397 g/mol. The summed E-state index contributed by atoms with van der Waals surface area (Å²) in [5, 5.41) is 22.8. The molecule has 0 radical (unpaired) electrons. The third-order valence-electron chi connectivity index (χ3n) is 3.94. The van der Waals surface area contributed by atoms with Crippen LogP contribution in [0.1, 0.15) is 19.3 Å². The molecule has 0 saturated carbocycles. The van der Waals surface area contributed by atoms with Crippen molar-refractivity contribution in [1.29, 1.82) is 0 Å². The number of nitrogens with zero attached hydrogens (tertiary/aromatic N) is 6. The van der Waals surface area contributed by atoms with E-state index in [-0.39, 0.29) is 0 Å². The van der Waals surface area contributed by atoms with Crippen molar-refractivity contribution in [3.63, 3.8) is 0 Å². The summed E-state index contributed by atoms with van der Waals surface area (Å²) in [6.45, 7) is 0.785. The molecule has 0 aliphatic heterocycles. The minimum absolute atomic E-state index is 0.678. The second kappa shape index (κ2) is 8.92. The van der Waals surface area contributed by atoms with Crippen LogP contribution in [0.3, 0.4) is 0 Å². The molecule has 1 aromatic carbocycles. The minimum atomic E-state index is 0.678. The summed E-state index contributed by atoms with van der Waals surface area (Å²) < 4.78 is 0. The number of aromatic amines is 1. The van der Waals surface area contributed by atoms with Crippen LogP contribution in [-0.4, -0.2) is 41.1 Å². The number of unbranched alkanes of at least 4 members (excludes halogenated alkanes) is 2. The second-order valence-corrected chi connectivity index (χ2v) is 7.94. The SMILES string of the molecule is c1ccc(-c2nnn(CCCCCSc3n[nH]c(-c4cccs4)n3)n2)cc1. The third kappa shape index (κ3) is 4.81. The van der Waals surface area contributed by atoms with Gasteiger partial charge < -0.3 is 0 Å². The second-order valence-electron chi connectivity index (χ2n) is 5.93. The maximum atomic E-state index is 4.52. The highest BCUT2D eigenvalue weighted by molar-refractivity contribution is 7.99. The predicted octanol–water partition coefficient (Wildman–Crippen LogP) is 4.15. The molecule has 0 bridgehead atoms. The van der Waals surface area contributed by atoms with Crippen LogP contribution < -0.4 is 0 Å². The zero-order valence-corrected chi connectivity index (χ0v) is 16.3. The number of thiophene rings is 1. The number of nitrogens with one attached hydrogen (secondary N) is 1. The Labute approximate surface area is 165 Å². The number of benzene rings is 1. The van der Waals surface area contributed by atoms with Crippen molar-refractivity contribution in [2.45, 2.75) is 31.0 Å². The Kier molecular flexibility index (Phi) is 5.90. The van der Waals surface area contributed by atoms with Gasteiger partial charge in [-0.2, -0.15) is 4.80 Å². The number of tetrazole rings is 1. The number of hydrogen-bond donors (Lipinski definition) is 1. The van der Waals surface area contributed by atoms with E-state index < -0.39 is 0 Å². The summed E-state index contributed by atoms with van der Waals surface area (Å²) in [4.78, 5) is 7.32. The fraction of sp³-hybridized carbons (Fsp3) is 0.278. The summed E-state index contributed by atoms with van der Waals surface area (Å²) >= 11 is 3.35. The lowest BCUT2D eigenvalue weighted by atomic mass is 10.2. The number of hydrogen-bond acceptors (Lipinski definition) is 7. The molecule has 0 spiro atoms. The number of rotatable bonds is 9. The van der Waals surface area contributed by atoms with Crippen molar-refractivity contribution in [3.8, 4) is 22.1 Å². The highest BCUT2D eigenvalue weighted by atomic mass is 32.2. The Hall–Kier alpha value is -2.52. The summed E-state index contributed by atoms with van der Waals surface area (Å²) in [6.07, 6.45) is 3.24. The van der Waals surface area contributed by atoms with E-state index in [1.807, 2.05) is 47.8 Å². The molecule has 9 heteroatoms. The molecular weight excluding hydrogens is 378 g/mol. The van der Waals surface area contributed by atoms with Gasteiger partial charge in [-0.1, -0.05) is 54.6 Å². The maximum absolute atomic E-state index is 4.52. The van der Waals surface area contributed by atoms with Crippen molar-refractivity contribution < 1.29 is 0 Å². The molecule has 0 atom stereocenters. The van der Waals surface area contributed by atoms with E-state index in [0.29, 0.717) is 5.82 Å². The van der Waals surface area contributed by atoms with Crippen molar-refractivity contribution in [1.82, 2.24) is 35.4 Å². The topological polar surface area (TPSA) is 85.2 Å². The first-order valence-corrected chi connectivity index (χ1v) is 10.7. The summed E-state index contributed by atoms with van der Waals surface area (Å²) in [5.41, 5.74) is 0.994. The van der Waals surface area contributed by atoms with Crippen LogP contribution in [0.4, 0.5) is 0 Å². The van der Waals surface area contributed by atoms with Gasteiger partial charge in [0, 0.05) is 11.3 Å². The van der Waals surface area contributed by atoms with Crippen LogP contribution in [-0.2, 0) is 6.54 Å². The Morgan fingerprint density at radius 3 is 2.81 bits per heavy atom. The van der Waals surface area contributed by atoms with E-state index in [1.165, 1.54) is 0 Å². The Morgan fingerprint density at radius 2 is 1.96 bits per heavy atom. The third-order valence-corrected chi connectivity index (χ3v) is 5.75. The first kappa shape index (κ1) is 17.9. The van der Waals surface area contributed by atoms with Gasteiger partial charge in [0.25, 0.3) is 0 Å².